The molecule has 0 saturated heterocycles. The fourth-order valence-corrected chi connectivity index (χ4v) is 3.01. The molecule has 1 amide bonds. The lowest BCUT2D eigenvalue weighted by Gasteiger charge is -2.08. The molecule has 0 aliphatic rings. The van der Waals surface area contributed by atoms with Crippen molar-refractivity contribution in [3.8, 4) is 0 Å². The molecule has 0 atom stereocenters. The smallest absolute Gasteiger partial charge is 0.267 e. The van der Waals surface area contributed by atoms with Gasteiger partial charge in [0.2, 0.25) is 0 Å². The van der Waals surface area contributed by atoms with Crippen LogP contribution in [0.5, 0.6) is 0 Å². The van der Waals surface area contributed by atoms with E-state index in [0.29, 0.717) is 27.1 Å². The van der Waals surface area contributed by atoms with Crippen LogP contribution in [-0.4, -0.2) is 21.8 Å². The number of amides is 1. The Morgan fingerprint density at radius 2 is 1.77 bits per heavy atom. The van der Waals surface area contributed by atoms with E-state index >= 15 is 0 Å². The molecule has 26 heavy (non-hydrogen) atoms. The summed E-state index contributed by atoms with van der Waals surface area (Å²) in [4.78, 5) is 24.2. The zero-order valence-electron chi connectivity index (χ0n) is 13.3. The van der Waals surface area contributed by atoms with Crippen LogP contribution in [0.2, 0.25) is 15.1 Å². The van der Waals surface area contributed by atoms with Gasteiger partial charge >= 0.3 is 0 Å². The van der Waals surface area contributed by atoms with E-state index in [-0.39, 0.29) is 21.3 Å². The summed E-state index contributed by atoms with van der Waals surface area (Å²) in [6, 6.07) is 9.89. The molecule has 0 aliphatic heterocycles. The molecule has 9 heteroatoms. The van der Waals surface area contributed by atoms with Crippen molar-refractivity contribution in [1.29, 1.82) is 0 Å². The molecule has 6 nitrogen and oxygen atoms in total. The van der Waals surface area contributed by atoms with E-state index in [2.05, 4.69) is 20.7 Å². The Morgan fingerprint density at radius 1 is 1.08 bits per heavy atom. The van der Waals surface area contributed by atoms with E-state index in [4.69, 9.17) is 34.8 Å². The molecule has 0 aliphatic carbocycles. The minimum absolute atomic E-state index is 0.0528. The molecule has 0 saturated carbocycles. The third kappa shape index (κ3) is 3.44. The van der Waals surface area contributed by atoms with Crippen LogP contribution in [0, 0.1) is 0 Å². The van der Waals surface area contributed by atoms with E-state index in [1.54, 1.807) is 43.3 Å². The van der Waals surface area contributed by atoms with Crippen LogP contribution < -0.4 is 11.0 Å². The molecule has 2 N–H and O–H groups in total. The monoisotopic (exact) mass is 408 g/mol. The quantitative estimate of drug-likeness (QED) is 0.389. The van der Waals surface area contributed by atoms with Gasteiger partial charge in [-0.1, -0.05) is 59.1 Å². The Kier molecular flexibility index (Phi) is 5.27. The molecular formula is C17H11Cl3N4O2. The van der Waals surface area contributed by atoms with Gasteiger partial charge in [0, 0.05) is 10.9 Å². The number of aromatic nitrogens is 2. The Hall–Kier alpha value is -2.41. The van der Waals surface area contributed by atoms with Gasteiger partial charge in [-0.25, -0.2) is 10.5 Å². The summed E-state index contributed by atoms with van der Waals surface area (Å²) in [5, 5.41) is 11.7. The highest BCUT2D eigenvalue weighted by Crippen LogP contribution is 2.32. The largest absolute Gasteiger partial charge is 0.292 e. The first-order chi connectivity index (χ1) is 12.4. The normalized spacial score (nSPS) is 11.6. The van der Waals surface area contributed by atoms with E-state index in [9.17, 15) is 9.59 Å². The highest BCUT2D eigenvalue weighted by atomic mass is 35.5. The van der Waals surface area contributed by atoms with Crippen molar-refractivity contribution in [2.45, 2.75) is 6.92 Å². The Labute approximate surface area is 162 Å². The molecule has 1 aromatic heterocycles. The topological polar surface area (TPSA) is 87.2 Å². The number of H-pyrrole nitrogens is 1. The predicted octanol–water partition coefficient (Wildman–Crippen LogP) is 4.04. The Balaban J connectivity index is 1.92. The van der Waals surface area contributed by atoms with Crippen LogP contribution in [-0.2, 0) is 0 Å². The number of rotatable bonds is 3. The van der Waals surface area contributed by atoms with Gasteiger partial charge in [-0.2, -0.15) is 10.2 Å². The zero-order valence-corrected chi connectivity index (χ0v) is 15.6. The van der Waals surface area contributed by atoms with Crippen molar-refractivity contribution in [3.63, 3.8) is 0 Å². The first kappa shape index (κ1) is 18.4. The van der Waals surface area contributed by atoms with Gasteiger partial charge < -0.3 is 0 Å². The van der Waals surface area contributed by atoms with E-state index < -0.39 is 5.91 Å². The molecule has 1 heterocycles. The van der Waals surface area contributed by atoms with Crippen molar-refractivity contribution in [2.75, 3.05) is 0 Å². The van der Waals surface area contributed by atoms with Crippen LogP contribution in [0.4, 0.5) is 0 Å². The lowest BCUT2D eigenvalue weighted by Crippen LogP contribution is -2.23. The summed E-state index contributed by atoms with van der Waals surface area (Å²) in [5.74, 6) is -0.576. The van der Waals surface area contributed by atoms with Gasteiger partial charge in [0.1, 0.15) is 0 Å². The molecule has 0 radical (unpaired) electrons. The van der Waals surface area contributed by atoms with Gasteiger partial charge in [-0.15, -0.1) is 0 Å². The third-order valence-corrected chi connectivity index (χ3v) is 4.95. The highest BCUT2D eigenvalue weighted by Gasteiger charge is 2.15. The third-order valence-electron chi connectivity index (χ3n) is 3.66. The van der Waals surface area contributed by atoms with Crippen LogP contribution >= 0.6 is 34.8 Å². The van der Waals surface area contributed by atoms with Gasteiger partial charge in [-0.05, 0) is 19.1 Å². The molecular weight excluding hydrogens is 399 g/mol. The summed E-state index contributed by atoms with van der Waals surface area (Å²) in [6.45, 7) is 1.66. The number of aromatic amines is 1. The number of hydrogen-bond donors (Lipinski definition) is 2. The van der Waals surface area contributed by atoms with Crippen molar-refractivity contribution < 1.29 is 4.79 Å². The maximum Gasteiger partial charge on any atom is 0.292 e. The molecule has 0 fully saturated rings. The van der Waals surface area contributed by atoms with Crippen molar-refractivity contribution >= 4 is 57.2 Å². The number of carbonyl (C=O) groups excluding carboxylic acids is 1. The fraction of sp³-hybridized carbons (Fsp3) is 0.0588. The predicted molar refractivity (Wildman–Crippen MR) is 104 cm³/mol. The molecule has 3 aromatic rings. The molecule has 3 rings (SSSR count). The summed E-state index contributed by atoms with van der Waals surface area (Å²) in [5.41, 5.74) is 3.03. The first-order valence-corrected chi connectivity index (χ1v) is 8.49. The van der Waals surface area contributed by atoms with Crippen molar-refractivity contribution in [2.24, 2.45) is 5.10 Å². The molecule has 0 spiro atoms. The summed E-state index contributed by atoms with van der Waals surface area (Å²) in [7, 11) is 0. The standard InChI is InChI=1S/C17H11Cl3N4O2/c1-8(9-6-7-12(18)14(20)13(9)19)21-24-17(26)15-10-4-2-3-5-11(10)16(25)23-22-15/h2-7H,1H3,(H,23,25)(H,24,26). The van der Waals surface area contributed by atoms with Gasteiger partial charge in [-0.3, -0.25) is 9.59 Å². The summed E-state index contributed by atoms with van der Waals surface area (Å²) in [6.07, 6.45) is 0. The van der Waals surface area contributed by atoms with Crippen LogP contribution in [0.25, 0.3) is 10.8 Å². The second kappa shape index (κ2) is 7.45. The van der Waals surface area contributed by atoms with Crippen LogP contribution in [0.15, 0.2) is 46.3 Å². The van der Waals surface area contributed by atoms with Gasteiger partial charge in [0.15, 0.2) is 5.69 Å². The molecule has 132 valence electrons. The molecule has 2 aromatic carbocycles. The van der Waals surface area contributed by atoms with E-state index in [1.807, 2.05) is 0 Å². The number of fused-ring (bicyclic) bond motifs is 1. The maximum absolute atomic E-state index is 12.4. The zero-order chi connectivity index (χ0) is 18.8. The molecule has 0 bridgehead atoms. The minimum Gasteiger partial charge on any atom is -0.267 e. The number of nitrogens with one attached hydrogen (secondary N) is 2. The summed E-state index contributed by atoms with van der Waals surface area (Å²) >= 11 is 18.1. The Bertz CT molecular complexity index is 1110. The Morgan fingerprint density at radius 3 is 2.50 bits per heavy atom. The number of halogens is 3. The van der Waals surface area contributed by atoms with Crippen molar-refractivity contribution in [1.82, 2.24) is 15.6 Å². The first-order valence-electron chi connectivity index (χ1n) is 7.36. The molecule has 0 unspecified atom stereocenters. The maximum atomic E-state index is 12.4. The number of carbonyl (C=O) groups is 1. The average molecular weight is 410 g/mol. The fourth-order valence-electron chi connectivity index (χ4n) is 2.34. The van der Waals surface area contributed by atoms with Crippen LogP contribution in [0.3, 0.4) is 0 Å². The van der Waals surface area contributed by atoms with Crippen molar-refractivity contribution in [3.05, 3.63) is 73.1 Å². The van der Waals surface area contributed by atoms with E-state index in [1.165, 1.54) is 0 Å². The highest BCUT2D eigenvalue weighted by molar-refractivity contribution is 6.49. The van der Waals surface area contributed by atoms with E-state index in [0.717, 1.165) is 0 Å². The summed E-state index contributed by atoms with van der Waals surface area (Å²) < 4.78 is 0. The van der Waals surface area contributed by atoms with Gasteiger partial charge in [0.05, 0.1) is 26.2 Å². The number of hydrazone groups is 1. The minimum atomic E-state index is -0.576. The lowest BCUT2D eigenvalue weighted by atomic mass is 10.1. The average Bonchev–Trinajstić information content (AvgIpc) is 2.64. The van der Waals surface area contributed by atoms with Gasteiger partial charge in [0.25, 0.3) is 11.5 Å². The van der Waals surface area contributed by atoms with Crippen LogP contribution in [0.1, 0.15) is 23.0 Å². The number of hydrogen-bond acceptors (Lipinski definition) is 4. The number of benzene rings is 2. The second-order valence-electron chi connectivity index (χ2n) is 5.31. The number of nitrogens with zero attached hydrogens (tertiary/aromatic N) is 2. The SMILES string of the molecule is CC(=NNC(=O)c1n[nH]c(=O)c2ccccc12)c1ccc(Cl)c(Cl)c1Cl. The lowest BCUT2D eigenvalue weighted by molar-refractivity contribution is 0.0950. The second-order valence-corrected chi connectivity index (χ2v) is 6.47.